The van der Waals surface area contributed by atoms with Crippen molar-refractivity contribution in [3.8, 4) is 0 Å². The van der Waals surface area contributed by atoms with E-state index in [4.69, 9.17) is 4.74 Å². The van der Waals surface area contributed by atoms with Gasteiger partial charge in [-0.15, -0.1) is 0 Å². The third kappa shape index (κ3) is 3.03. The van der Waals surface area contributed by atoms with Crippen molar-refractivity contribution in [2.24, 2.45) is 0 Å². The molecule has 1 N–H and O–H groups in total. The molecule has 2 unspecified atom stereocenters. The number of hydrogen-bond acceptors (Lipinski definition) is 5. The van der Waals surface area contributed by atoms with Gasteiger partial charge in [-0.05, 0) is 18.9 Å². The second-order valence-electron chi connectivity index (χ2n) is 4.25. The molecule has 0 amide bonds. The van der Waals surface area contributed by atoms with E-state index in [2.05, 4.69) is 15.3 Å². The maximum atomic E-state index is 13.5. The molecule has 1 aromatic heterocycles. The molecule has 0 bridgehead atoms. The Kier molecular flexibility index (Phi) is 3.73. The van der Waals surface area contributed by atoms with E-state index in [0.717, 1.165) is 12.8 Å². The molecular formula is C11H17FN4O. The first-order valence-electron chi connectivity index (χ1n) is 5.69. The van der Waals surface area contributed by atoms with Crippen LogP contribution in [0.5, 0.6) is 0 Å². The van der Waals surface area contributed by atoms with Gasteiger partial charge in [0.25, 0.3) is 0 Å². The number of halogens is 1. The Hall–Kier alpha value is -1.43. The molecule has 2 atom stereocenters. The summed E-state index contributed by atoms with van der Waals surface area (Å²) in [4.78, 5) is 10.2. The quantitative estimate of drug-likeness (QED) is 0.866. The fourth-order valence-corrected chi connectivity index (χ4v) is 1.72. The van der Waals surface area contributed by atoms with Crippen molar-refractivity contribution in [3.63, 3.8) is 0 Å². The van der Waals surface area contributed by atoms with Crippen LogP contribution in [-0.2, 0) is 4.74 Å². The molecule has 0 radical (unpaired) electrons. The summed E-state index contributed by atoms with van der Waals surface area (Å²) >= 11 is 0. The SMILES string of the molecule is CN(C)c1nccc(NC2CCCOC2F)n1. The topological polar surface area (TPSA) is 50.3 Å². The standard InChI is InChI=1S/C11H17FN4O/c1-16(2)11-13-6-5-9(15-11)14-8-4-3-7-17-10(8)12/h5-6,8,10H,3-4,7H2,1-2H3,(H,13,14,15). The third-order valence-corrected chi connectivity index (χ3v) is 2.63. The van der Waals surface area contributed by atoms with Crippen LogP contribution in [0.2, 0.25) is 0 Å². The molecule has 0 saturated carbocycles. The average molecular weight is 240 g/mol. The second-order valence-corrected chi connectivity index (χ2v) is 4.25. The fraction of sp³-hybridized carbons (Fsp3) is 0.636. The highest BCUT2D eigenvalue weighted by atomic mass is 19.1. The zero-order chi connectivity index (χ0) is 12.3. The van der Waals surface area contributed by atoms with Crippen LogP contribution in [0, 0.1) is 0 Å². The molecule has 5 nitrogen and oxygen atoms in total. The lowest BCUT2D eigenvalue weighted by Gasteiger charge is -2.27. The molecular weight excluding hydrogens is 223 g/mol. The number of ether oxygens (including phenoxy) is 1. The Bertz CT molecular complexity index is 374. The molecule has 0 aliphatic carbocycles. The Balaban J connectivity index is 2.04. The number of nitrogens with one attached hydrogen (secondary N) is 1. The number of nitrogens with zero attached hydrogens (tertiary/aromatic N) is 3. The van der Waals surface area contributed by atoms with E-state index >= 15 is 0 Å². The summed E-state index contributed by atoms with van der Waals surface area (Å²) in [6.07, 6.45) is 2.01. The monoisotopic (exact) mass is 240 g/mol. The Morgan fingerprint density at radius 2 is 2.35 bits per heavy atom. The van der Waals surface area contributed by atoms with E-state index < -0.39 is 6.36 Å². The Morgan fingerprint density at radius 3 is 3.06 bits per heavy atom. The molecule has 1 aromatic rings. The number of alkyl halides is 1. The Morgan fingerprint density at radius 1 is 1.53 bits per heavy atom. The predicted molar refractivity (Wildman–Crippen MR) is 63.9 cm³/mol. The van der Waals surface area contributed by atoms with Crippen molar-refractivity contribution in [2.45, 2.75) is 25.2 Å². The smallest absolute Gasteiger partial charge is 0.226 e. The average Bonchev–Trinajstić information content (AvgIpc) is 2.32. The van der Waals surface area contributed by atoms with E-state index in [1.807, 2.05) is 14.1 Å². The molecule has 1 saturated heterocycles. The van der Waals surface area contributed by atoms with Crippen molar-refractivity contribution < 1.29 is 9.13 Å². The van der Waals surface area contributed by atoms with Gasteiger partial charge in [-0.25, -0.2) is 9.37 Å². The first kappa shape index (κ1) is 12.0. The highest BCUT2D eigenvalue weighted by Crippen LogP contribution is 2.19. The summed E-state index contributed by atoms with van der Waals surface area (Å²) in [5, 5.41) is 3.05. The van der Waals surface area contributed by atoms with Gasteiger partial charge in [0.2, 0.25) is 12.3 Å². The molecule has 1 fully saturated rings. The minimum absolute atomic E-state index is 0.325. The summed E-state index contributed by atoms with van der Waals surface area (Å²) < 4.78 is 18.4. The van der Waals surface area contributed by atoms with Crippen molar-refractivity contribution in [3.05, 3.63) is 12.3 Å². The maximum Gasteiger partial charge on any atom is 0.226 e. The van der Waals surface area contributed by atoms with Gasteiger partial charge in [-0.1, -0.05) is 0 Å². The van der Waals surface area contributed by atoms with Gasteiger partial charge >= 0.3 is 0 Å². The van der Waals surface area contributed by atoms with Crippen LogP contribution < -0.4 is 10.2 Å². The van der Waals surface area contributed by atoms with Gasteiger partial charge < -0.3 is 15.0 Å². The van der Waals surface area contributed by atoms with Crippen LogP contribution in [0.4, 0.5) is 16.2 Å². The predicted octanol–water partition coefficient (Wildman–Crippen LogP) is 1.43. The summed E-state index contributed by atoms with van der Waals surface area (Å²) in [6, 6.07) is 1.41. The lowest BCUT2D eigenvalue weighted by atomic mass is 10.1. The number of aromatic nitrogens is 2. The van der Waals surface area contributed by atoms with Crippen molar-refractivity contribution in [2.75, 3.05) is 30.9 Å². The van der Waals surface area contributed by atoms with Gasteiger partial charge in [0.05, 0.1) is 12.6 Å². The lowest BCUT2D eigenvalue weighted by molar-refractivity contribution is -0.0758. The van der Waals surface area contributed by atoms with Gasteiger partial charge in [-0.2, -0.15) is 4.98 Å². The molecule has 6 heteroatoms. The normalized spacial score (nSPS) is 24.4. The minimum Gasteiger partial charge on any atom is -0.362 e. The largest absolute Gasteiger partial charge is 0.362 e. The lowest BCUT2D eigenvalue weighted by Crippen LogP contribution is -2.37. The summed E-state index contributed by atoms with van der Waals surface area (Å²) in [5.41, 5.74) is 0. The van der Waals surface area contributed by atoms with Crippen molar-refractivity contribution >= 4 is 11.8 Å². The first-order chi connectivity index (χ1) is 8.16. The molecule has 1 aliphatic rings. The fourth-order valence-electron chi connectivity index (χ4n) is 1.72. The number of rotatable bonds is 3. The molecule has 1 aliphatic heterocycles. The Labute approximate surface area is 100 Å². The van der Waals surface area contributed by atoms with Crippen molar-refractivity contribution in [1.29, 1.82) is 0 Å². The van der Waals surface area contributed by atoms with Crippen LogP contribution in [0.3, 0.4) is 0 Å². The third-order valence-electron chi connectivity index (χ3n) is 2.63. The summed E-state index contributed by atoms with van der Waals surface area (Å²) in [7, 11) is 3.72. The molecule has 0 spiro atoms. The molecule has 2 rings (SSSR count). The van der Waals surface area contributed by atoms with Crippen molar-refractivity contribution in [1.82, 2.24) is 9.97 Å². The highest BCUT2D eigenvalue weighted by Gasteiger charge is 2.25. The van der Waals surface area contributed by atoms with Crippen LogP contribution in [0.15, 0.2) is 12.3 Å². The van der Waals surface area contributed by atoms with Gasteiger partial charge in [-0.3, -0.25) is 0 Å². The van der Waals surface area contributed by atoms with Gasteiger partial charge in [0, 0.05) is 20.3 Å². The molecule has 94 valence electrons. The molecule has 17 heavy (non-hydrogen) atoms. The van der Waals surface area contributed by atoms with E-state index in [0.29, 0.717) is 18.4 Å². The van der Waals surface area contributed by atoms with E-state index in [1.54, 1.807) is 17.2 Å². The molecule has 2 heterocycles. The zero-order valence-corrected chi connectivity index (χ0v) is 10.1. The van der Waals surface area contributed by atoms with Crippen LogP contribution >= 0.6 is 0 Å². The van der Waals surface area contributed by atoms with Crippen LogP contribution in [-0.4, -0.2) is 43.1 Å². The van der Waals surface area contributed by atoms with E-state index in [1.165, 1.54) is 0 Å². The van der Waals surface area contributed by atoms with E-state index in [-0.39, 0.29) is 6.04 Å². The molecule has 0 aromatic carbocycles. The number of anilines is 2. The van der Waals surface area contributed by atoms with Gasteiger partial charge in [0.15, 0.2) is 0 Å². The maximum absolute atomic E-state index is 13.5. The minimum atomic E-state index is -1.26. The first-order valence-corrected chi connectivity index (χ1v) is 5.69. The summed E-state index contributed by atoms with van der Waals surface area (Å²) in [6.45, 7) is 0.492. The van der Waals surface area contributed by atoms with Gasteiger partial charge in [0.1, 0.15) is 5.82 Å². The zero-order valence-electron chi connectivity index (χ0n) is 10.1. The number of hydrogen-bond donors (Lipinski definition) is 1. The second kappa shape index (κ2) is 5.27. The van der Waals surface area contributed by atoms with Crippen LogP contribution in [0.1, 0.15) is 12.8 Å². The van der Waals surface area contributed by atoms with Crippen LogP contribution in [0.25, 0.3) is 0 Å². The summed E-state index contributed by atoms with van der Waals surface area (Å²) in [5.74, 6) is 1.23. The highest BCUT2D eigenvalue weighted by molar-refractivity contribution is 5.41. The van der Waals surface area contributed by atoms with E-state index in [9.17, 15) is 4.39 Å².